The summed E-state index contributed by atoms with van der Waals surface area (Å²) < 4.78 is 5.01. The second kappa shape index (κ2) is 7.47. The minimum Gasteiger partial charge on any atom is -0.479 e. The molecule has 0 saturated heterocycles. The lowest BCUT2D eigenvalue weighted by Crippen LogP contribution is -2.34. The summed E-state index contributed by atoms with van der Waals surface area (Å²) in [4.78, 5) is 23.0. The van der Waals surface area contributed by atoms with E-state index in [1.54, 1.807) is 36.4 Å². The molecule has 2 rings (SSSR count). The Bertz CT molecular complexity index is 643. The third kappa shape index (κ3) is 4.49. The molecule has 6 heteroatoms. The summed E-state index contributed by atoms with van der Waals surface area (Å²) in [5.41, 5.74) is 1.23. The second-order valence-electron chi connectivity index (χ2n) is 4.53. The minimum absolute atomic E-state index is 0.0691. The topological polar surface area (TPSA) is 75.6 Å². The van der Waals surface area contributed by atoms with Crippen molar-refractivity contribution in [3.8, 4) is 0 Å². The van der Waals surface area contributed by atoms with Crippen LogP contribution in [0.3, 0.4) is 0 Å². The normalized spacial score (nSPS) is 11.5. The van der Waals surface area contributed by atoms with Crippen molar-refractivity contribution < 1.29 is 19.4 Å². The van der Waals surface area contributed by atoms with E-state index in [2.05, 4.69) is 5.32 Å². The van der Waals surface area contributed by atoms with Crippen molar-refractivity contribution in [1.29, 1.82) is 0 Å². The SMILES string of the molecule is O=C(N[C@@H](C(=O)O)c1ccc(Cl)cc1)OCc1ccccc1. The molecule has 2 aromatic carbocycles. The molecule has 0 heterocycles. The molecule has 0 aliphatic carbocycles. The Morgan fingerprint density at radius 3 is 2.32 bits per heavy atom. The molecule has 0 aliphatic heterocycles. The van der Waals surface area contributed by atoms with E-state index in [1.165, 1.54) is 0 Å². The van der Waals surface area contributed by atoms with E-state index in [-0.39, 0.29) is 6.61 Å². The van der Waals surface area contributed by atoms with Crippen LogP contribution in [-0.4, -0.2) is 17.2 Å². The van der Waals surface area contributed by atoms with Crippen LogP contribution >= 0.6 is 11.6 Å². The molecule has 114 valence electrons. The molecule has 0 fully saturated rings. The van der Waals surface area contributed by atoms with Crippen molar-refractivity contribution in [2.24, 2.45) is 0 Å². The van der Waals surface area contributed by atoms with Gasteiger partial charge in [0.2, 0.25) is 0 Å². The zero-order valence-corrected chi connectivity index (χ0v) is 12.3. The van der Waals surface area contributed by atoms with Crippen LogP contribution in [0.15, 0.2) is 54.6 Å². The highest BCUT2D eigenvalue weighted by Crippen LogP contribution is 2.17. The first-order chi connectivity index (χ1) is 10.6. The number of aliphatic carboxylic acids is 1. The van der Waals surface area contributed by atoms with Crippen LogP contribution in [0, 0.1) is 0 Å². The number of carboxylic acid groups (broad SMARTS) is 1. The molecular formula is C16H14ClNO4. The smallest absolute Gasteiger partial charge is 0.408 e. The first-order valence-corrected chi connectivity index (χ1v) is 6.89. The molecule has 0 aliphatic rings. The first-order valence-electron chi connectivity index (χ1n) is 6.52. The van der Waals surface area contributed by atoms with Gasteiger partial charge < -0.3 is 15.2 Å². The van der Waals surface area contributed by atoms with Gasteiger partial charge in [-0.1, -0.05) is 54.1 Å². The zero-order chi connectivity index (χ0) is 15.9. The Hall–Kier alpha value is -2.53. The molecule has 0 radical (unpaired) electrons. The Labute approximate surface area is 132 Å². The molecule has 2 aromatic rings. The third-order valence-corrected chi connectivity index (χ3v) is 3.18. The van der Waals surface area contributed by atoms with Crippen LogP contribution in [0.5, 0.6) is 0 Å². The zero-order valence-electron chi connectivity index (χ0n) is 11.5. The molecule has 1 atom stereocenters. The van der Waals surface area contributed by atoms with Gasteiger partial charge in [-0.15, -0.1) is 0 Å². The van der Waals surface area contributed by atoms with E-state index in [0.29, 0.717) is 10.6 Å². The number of carbonyl (C=O) groups is 2. The van der Waals surface area contributed by atoms with E-state index in [1.807, 2.05) is 18.2 Å². The van der Waals surface area contributed by atoms with Gasteiger partial charge in [0.1, 0.15) is 6.61 Å². The highest BCUT2D eigenvalue weighted by molar-refractivity contribution is 6.30. The number of hydrogen-bond acceptors (Lipinski definition) is 3. The number of alkyl carbamates (subject to hydrolysis) is 1. The molecule has 0 aromatic heterocycles. The largest absolute Gasteiger partial charge is 0.479 e. The molecular weight excluding hydrogens is 306 g/mol. The molecule has 0 spiro atoms. The van der Waals surface area contributed by atoms with Gasteiger partial charge in [-0.2, -0.15) is 0 Å². The van der Waals surface area contributed by atoms with Crippen molar-refractivity contribution in [3.05, 3.63) is 70.7 Å². The molecule has 5 nitrogen and oxygen atoms in total. The fourth-order valence-corrected chi connectivity index (χ4v) is 1.95. The summed E-state index contributed by atoms with van der Waals surface area (Å²) in [5.74, 6) is -1.18. The first kappa shape index (κ1) is 15.9. The van der Waals surface area contributed by atoms with Gasteiger partial charge in [0.25, 0.3) is 0 Å². The van der Waals surface area contributed by atoms with Gasteiger partial charge in [0.05, 0.1) is 0 Å². The third-order valence-electron chi connectivity index (χ3n) is 2.93. The molecule has 0 bridgehead atoms. The summed E-state index contributed by atoms with van der Waals surface area (Å²) in [7, 11) is 0. The molecule has 0 saturated carbocycles. The summed E-state index contributed by atoms with van der Waals surface area (Å²) in [5, 5.41) is 12.0. The van der Waals surface area contributed by atoms with Gasteiger partial charge in [-0.3, -0.25) is 0 Å². The van der Waals surface area contributed by atoms with E-state index in [4.69, 9.17) is 16.3 Å². The van der Waals surface area contributed by atoms with E-state index in [0.717, 1.165) is 5.56 Å². The Morgan fingerprint density at radius 1 is 1.09 bits per heavy atom. The minimum atomic E-state index is -1.19. The van der Waals surface area contributed by atoms with Crippen molar-refractivity contribution in [2.45, 2.75) is 12.6 Å². The predicted molar refractivity (Wildman–Crippen MR) is 81.6 cm³/mol. The number of nitrogens with one attached hydrogen (secondary N) is 1. The van der Waals surface area contributed by atoms with Crippen LogP contribution in [0.1, 0.15) is 17.2 Å². The summed E-state index contributed by atoms with van der Waals surface area (Å²) in [6.07, 6.45) is -0.800. The number of ether oxygens (including phenoxy) is 1. The summed E-state index contributed by atoms with van der Waals surface area (Å²) >= 11 is 5.76. The van der Waals surface area contributed by atoms with Gasteiger partial charge in [-0.25, -0.2) is 9.59 Å². The van der Waals surface area contributed by atoms with Crippen LogP contribution in [0.25, 0.3) is 0 Å². The Morgan fingerprint density at radius 2 is 1.73 bits per heavy atom. The lowest BCUT2D eigenvalue weighted by atomic mass is 10.1. The van der Waals surface area contributed by atoms with Crippen molar-refractivity contribution in [3.63, 3.8) is 0 Å². The van der Waals surface area contributed by atoms with E-state index >= 15 is 0 Å². The molecule has 1 amide bonds. The highest BCUT2D eigenvalue weighted by Gasteiger charge is 2.22. The Balaban J connectivity index is 1.97. The van der Waals surface area contributed by atoms with Crippen LogP contribution in [0.4, 0.5) is 4.79 Å². The van der Waals surface area contributed by atoms with Crippen molar-refractivity contribution in [1.82, 2.24) is 5.32 Å². The molecule has 22 heavy (non-hydrogen) atoms. The number of amides is 1. The van der Waals surface area contributed by atoms with Crippen molar-refractivity contribution in [2.75, 3.05) is 0 Å². The Kier molecular flexibility index (Phi) is 5.38. The number of hydrogen-bond donors (Lipinski definition) is 2. The molecule has 0 unspecified atom stereocenters. The van der Waals surface area contributed by atoms with Gasteiger partial charge in [0.15, 0.2) is 6.04 Å². The molecule has 2 N–H and O–H groups in total. The van der Waals surface area contributed by atoms with Gasteiger partial charge in [0, 0.05) is 5.02 Å². The maximum Gasteiger partial charge on any atom is 0.408 e. The monoisotopic (exact) mass is 319 g/mol. The summed E-state index contributed by atoms with van der Waals surface area (Å²) in [6.45, 7) is 0.0691. The standard InChI is InChI=1S/C16H14ClNO4/c17-13-8-6-12(7-9-13)14(15(19)20)18-16(21)22-10-11-4-2-1-3-5-11/h1-9,14H,10H2,(H,18,21)(H,19,20)/t14-/m1/s1. The lowest BCUT2D eigenvalue weighted by molar-refractivity contribution is -0.139. The quantitative estimate of drug-likeness (QED) is 0.885. The number of halogens is 1. The fraction of sp³-hybridized carbons (Fsp3) is 0.125. The number of rotatable bonds is 5. The van der Waals surface area contributed by atoms with E-state index < -0.39 is 18.1 Å². The highest BCUT2D eigenvalue weighted by atomic mass is 35.5. The number of benzene rings is 2. The summed E-state index contributed by atoms with van der Waals surface area (Å²) in [6, 6.07) is 14.1. The second-order valence-corrected chi connectivity index (χ2v) is 4.97. The lowest BCUT2D eigenvalue weighted by Gasteiger charge is -2.15. The average Bonchev–Trinajstić information content (AvgIpc) is 2.52. The fourth-order valence-electron chi connectivity index (χ4n) is 1.83. The van der Waals surface area contributed by atoms with Crippen LogP contribution < -0.4 is 5.32 Å². The van der Waals surface area contributed by atoms with Crippen molar-refractivity contribution >= 4 is 23.7 Å². The van der Waals surface area contributed by atoms with Crippen LogP contribution in [0.2, 0.25) is 5.02 Å². The van der Waals surface area contributed by atoms with Gasteiger partial charge in [-0.05, 0) is 23.3 Å². The maximum atomic E-state index is 11.7. The average molecular weight is 320 g/mol. The van der Waals surface area contributed by atoms with E-state index in [9.17, 15) is 14.7 Å². The van der Waals surface area contributed by atoms with Crippen LogP contribution in [-0.2, 0) is 16.1 Å². The number of carboxylic acids is 1. The van der Waals surface area contributed by atoms with Gasteiger partial charge >= 0.3 is 12.1 Å². The predicted octanol–water partition coefficient (Wildman–Crippen LogP) is 3.39. The number of carbonyl (C=O) groups excluding carboxylic acids is 1. The maximum absolute atomic E-state index is 11.7.